The van der Waals surface area contributed by atoms with Gasteiger partial charge < -0.3 is 14.0 Å². The predicted octanol–water partition coefficient (Wildman–Crippen LogP) is 5.36. The van der Waals surface area contributed by atoms with Crippen LogP contribution in [0, 0.1) is 0 Å². The van der Waals surface area contributed by atoms with Gasteiger partial charge in [0.1, 0.15) is 16.1 Å². The van der Waals surface area contributed by atoms with E-state index in [0.717, 1.165) is 26.1 Å². The first-order valence-corrected chi connectivity index (χ1v) is 11.1. The monoisotopic (exact) mass is 446 g/mol. The Bertz CT molecular complexity index is 1260. The molecular weight excluding hydrogens is 428 g/mol. The van der Waals surface area contributed by atoms with Crippen LogP contribution in [0.3, 0.4) is 0 Å². The highest BCUT2D eigenvalue weighted by Crippen LogP contribution is 2.35. The molecule has 150 valence electrons. The molecule has 0 atom stereocenters. The van der Waals surface area contributed by atoms with Gasteiger partial charge in [-0.1, -0.05) is 47.2 Å². The van der Waals surface area contributed by atoms with Gasteiger partial charge in [-0.15, -0.1) is 11.3 Å². The lowest BCUT2D eigenvalue weighted by molar-refractivity contribution is 0.100. The summed E-state index contributed by atoms with van der Waals surface area (Å²) in [4.78, 5) is 18.5. The molecule has 0 radical (unpaired) electrons. The molecule has 1 amide bonds. The van der Waals surface area contributed by atoms with E-state index in [0.29, 0.717) is 34.5 Å². The lowest BCUT2D eigenvalue weighted by Crippen LogP contribution is -2.20. The fourth-order valence-electron chi connectivity index (χ4n) is 3.14. The number of methoxy groups -OCH3 is 1. The minimum Gasteiger partial charge on any atom is -0.495 e. The Morgan fingerprint density at radius 1 is 1.14 bits per heavy atom. The fourth-order valence-corrected chi connectivity index (χ4v) is 5.61. The van der Waals surface area contributed by atoms with E-state index in [1.165, 1.54) is 22.7 Å². The number of fused-ring (bicyclic) bond motifs is 2. The molecule has 0 fully saturated rings. The summed E-state index contributed by atoms with van der Waals surface area (Å²) in [6.07, 6.45) is 0. The molecule has 4 rings (SSSR count). The summed E-state index contributed by atoms with van der Waals surface area (Å²) in [5.74, 6) is 0.399. The summed E-state index contributed by atoms with van der Waals surface area (Å²) in [5.41, 5.74) is 0.911. The van der Waals surface area contributed by atoms with Crippen LogP contribution < -0.4 is 9.54 Å². The van der Waals surface area contributed by atoms with Crippen molar-refractivity contribution in [3.05, 3.63) is 57.2 Å². The summed E-state index contributed by atoms with van der Waals surface area (Å²) >= 11 is 9.29. The topological polar surface area (TPSA) is 52.8 Å². The largest absolute Gasteiger partial charge is 0.495 e. The van der Waals surface area contributed by atoms with Crippen molar-refractivity contribution in [2.24, 2.45) is 4.99 Å². The molecule has 0 saturated heterocycles. The summed E-state index contributed by atoms with van der Waals surface area (Å²) in [6.45, 7) is 3.67. The van der Waals surface area contributed by atoms with E-state index in [1.54, 1.807) is 7.11 Å². The zero-order valence-electron chi connectivity index (χ0n) is 16.0. The van der Waals surface area contributed by atoms with Crippen LogP contribution in [-0.2, 0) is 11.3 Å². The summed E-state index contributed by atoms with van der Waals surface area (Å²) < 4.78 is 15.0. The highest BCUT2D eigenvalue weighted by atomic mass is 35.5. The first-order chi connectivity index (χ1) is 14.1. The van der Waals surface area contributed by atoms with Crippen molar-refractivity contribution >= 4 is 60.5 Å². The molecule has 0 saturated carbocycles. The Morgan fingerprint density at radius 3 is 2.69 bits per heavy atom. The molecule has 4 aromatic rings. The van der Waals surface area contributed by atoms with Crippen molar-refractivity contribution in [1.29, 1.82) is 0 Å². The third kappa shape index (κ3) is 3.83. The van der Waals surface area contributed by atoms with Gasteiger partial charge in [0, 0.05) is 23.2 Å². The summed E-state index contributed by atoms with van der Waals surface area (Å²) in [7, 11) is 1.64. The molecule has 5 nitrogen and oxygen atoms in total. The van der Waals surface area contributed by atoms with E-state index in [1.807, 2.05) is 54.0 Å². The predicted molar refractivity (Wildman–Crippen MR) is 120 cm³/mol. The number of para-hydroxylation sites is 1. The maximum Gasteiger partial charge on any atom is 0.291 e. The Labute approximate surface area is 180 Å². The van der Waals surface area contributed by atoms with E-state index >= 15 is 0 Å². The number of aromatic nitrogens is 1. The molecule has 29 heavy (non-hydrogen) atoms. The van der Waals surface area contributed by atoms with Crippen molar-refractivity contribution in [3.8, 4) is 5.75 Å². The molecule has 0 aliphatic heterocycles. The molecular formula is C21H19ClN2O3S2. The average molecular weight is 447 g/mol. The van der Waals surface area contributed by atoms with Crippen molar-refractivity contribution in [1.82, 2.24) is 4.57 Å². The normalized spacial score (nSPS) is 12.2. The molecule has 0 spiro atoms. The number of thiazole rings is 1. The van der Waals surface area contributed by atoms with Crippen LogP contribution in [0.15, 0.2) is 47.5 Å². The third-order valence-electron chi connectivity index (χ3n) is 4.47. The summed E-state index contributed by atoms with van der Waals surface area (Å²) in [5, 5.41) is 1.33. The van der Waals surface area contributed by atoms with Crippen LogP contribution in [0.25, 0.3) is 20.3 Å². The van der Waals surface area contributed by atoms with E-state index < -0.39 is 0 Å². The van der Waals surface area contributed by atoms with Crippen LogP contribution in [0.4, 0.5) is 0 Å². The molecule has 0 aliphatic carbocycles. The molecule has 2 heterocycles. The van der Waals surface area contributed by atoms with E-state index in [-0.39, 0.29) is 5.91 Å². The van der Waals surface area contributed by atoms with Crippen molar-refractivity contribution < 1.29 is 14.3 Å². The molecule has 8 heteroatoms. The average Bonchev–Trinajstić information content (AvgIpc) is 3.26. The highest BCUT2D eigenvalue weighted by Gasteiger charge is 2.18. The van der Waals surface area contributed by atoms with Gasteiger partial charge in [0.2, 0.25) is 0 Å². The van der Waals surface area contributed by atoms with Crippen LogP contribution in [0.5, 0.6) is 5.75 Å². The van der Waals surface area contributed by atoms with Crippen LogP contribution >= 0.6 is 34.3 Å². The number of nitrogens with zero attached hydrogens (tertiary/aromatic N) is 2. The SMILES string of the molecule is CCOCCn1c(=NC(=O)c2sc3ccccc3c2Cl)sc2cccc(OC)c21. The first-order valence-electron chi connectivity index (χ1n) is 9.14. The second kappa shape index (κ2) is 8.67. The number of carbonyl (C=O) groups excluding carboxylic acids is 1. The lowest BCUT2D eigenvalue weighted by atomic mass is 10.2. The van der Waals surface area contributed by atoms with Gasteiger partial charge in [-0.2, -0.15) is 4.99 Å². The van der Waals surface area contributed by atoms with Crippen molar-refractivity contribution in [2.75, 3.05) is 20.3 Å². The van der Waals surface area contributed by atoms with Crippen LogP contribution in [0.2, 0.25) is 5.02 Å². The Hall–Kier alpha value is -2.19. The maximum atomic E-state index is 13.0. The second-order valence-electron chi connectivity index (χ2n) is 6.20. The van der Waals surface area contributed by atoms with Crippen molar-refractivity contribution in [3.63, 3.8) is 0 Å². The standard InChI is InChI=1S/C21H19ClN2O3S2/c1-3-27-12-11-24-18-14(26-2)8-6-10-16(18)29-21(24)23-20(25)19-17(22)13-7-4-5-9-15(13)28-19/h4-10H,3,11-12H2,1-2H3. The van der Waals surface area contributed by atoms with Gasteiger partial charge in [0.05, 0.1) is 23.4 Å². The zero-order valence-corrected chi connectivity index (χ0v) is 18.4. The number of ether oxygens (including phenoxy) is 2. The van der Waals surface area contributed by atoms with Gasteiger partial charge in [-0.3, -0.25) is 4.79 Å². The molecule has 2 aromatic heterocycles. The number of benzene rings is 2. The molecule has 0 bridgehead atoms. The number of thiophene rings is 1. The third-order valence-corrected chi connectivity index (χ3v) is 7.18. The van der Waals surface area contributed by atoms with Crippen LogP contribution in [-0.4, -0.2) is 30.8 Å². The number of rotatable bonds is 6. The fraction of sp³-hybridized carbons (Fsp3) is 0.238. The lowest BCUT2D eigenvalue weighted by Gasteiger charge is -2.08. The summed E-state index contributed by atoms with van der Waals surface area (Å²) in [6, 6.07) is 13.5. The van der Waals surface area contributed by atoms with Crippen LogP contribution in [0.1, 0.15) is 16.6 Å². The van der Waals surface area contributed by atoms with Gasteiger partial charge in [0.25, 0.3) is 5.91 Å². The molecule has 2 aromatic carbocycles. The van der Waals surface area contributed by atoms with E-state index in [4.69, 9.17) is 21.1 Å². The van der Waals surface area contributed by atoms with E-state index in [9.17, 15) is 4.79 Å². The minimum atomic E-state index is -0.341. The van der Waals surface area contributed by atoms with E-state index in [2.05, 4.69) is 4.99 Å². The zero-order chi connectivity index (χ0) is 20.4. The van der Waals surface area contributed by atoms with Gasteiger partial charge in [-0.05, 0) is 25.1 Å². The Kier molecular flexibility index (Phi) is 6.01. The first kappa shape index (κ1) is 20.1. The van der Waals surface area contributed by atoms with Gasteiger partial charge in [-0.25, -0.2) is 0 Å². The molecule has 0 N–H and O–H groups in total. The number of carbonyl (C=O) groups is 1. The van der Waals surface area contributed by atoms with Gasteiger partial charge >= 0.3 is 0 Å². The molecule has 0 unspecified atom stereocenters. The molecule has 0 aliphatic rings. The number of hydrogen-bond donors (Lipinski definition) is 0. The number of amides is 1. The Morgan fingerprint density at radius 2 is 1.93 bits per heavy atom. The number of hydrogen-bond acceptors (Lipinski definition) is 5. The quantitative estimate of drug-likeness (QED) is 0.375. The number of halogens is 1. The Balaban J connectivity index is 1.85. The smallest absolute Gasteiger partial charge is 0.291 e. The highest BCUT2D eigenvalue weighted by molar-refractivity contribution is 7.21. The maximum absolute atomic E-state index is 13.0. The minimum absolute atomic E-state index is 0.341. The van der Waals surface area contributed by atoms with Crippen molar-refractivity contribution in [2.45, 2.75) is 13.5 Å². The second-order valence-corrected chi connectivity index (χ2v) is 8.64. The van der Waals surface area contributed by atoms with Gasteiger partial charge in [0.15, 0.2) is 4.80 Å².